The quantitative estimate of drug-likeness (QED) is 0.559. The van der Waals surface area contributed by atoms with E-state index < -0.39 is 24.2 Å². The topological polar surface area (TPSA) is 36.9 Å². The largest absolute Gasteiger partial charge is 0.658 e. The molecule has 0 spiro atoms. The van der Waals surface area contributed by atoms with Crippen LogP contribution >= 0.6 is 0 Å². The van der Waals surface area contributed by atoms with Gasteiger partial charge in [-0.15, -0.1) is 26.3 Å². The lowest BCUT2D eigenvalue weighted by Crippen LogP contribution is -2.20. The first-order chi connectivity index (χ1) is 11.6. The molecule has 0 amide bonds. The van der Waals surface area contributed by atoms with Crippen LogP contribution in [0.2, 0.25) is 0 Å². The van der Waals surface area contributed by atoms with E-state index in [0.717, 1.165) is 24.3 Å². The Labute approximate surface area is 138 Å². The second kappa shape index (κ2) is 7.45. The summed E-state index contributed by atoms with van der Waals surface area (Å²) in [5.74, 6) is -1.99. The van der Waals surface area contributed by atoms with Crippen molar-refractivity contribution < 1.29 is 45.1 Å². The van der Waals surface area contributed by atoms with Gasteiger partial charge in [-0.1, -0.05) is 24.3 Å². The SMILES string of the molecule is FC(F)(F)Oc1ccccc1O[B]Oc1ccccc1OC(F)(F)F. The van der Waals surface area contributed by atoms with E-state index in [1.54, 1.807) is 0 Å². The third-order valence-electron chi connectivity index (χ3n) is 2.50. The van der Waals surface area contributed by atoms with E-state index in [1.165, 1.54) is 24.3 Å². The second-order valence-electron chi connectivity index (χ2n) is 4.32. The summed E-state index contributed by atoms with van der Waals surface area (Å²) in [6, 6.07) is 9.59. The molecule has 0 N–H and O–H groups in total. The van der Waals surface area contributed by atoms with Crippen LogP contribution in [0.4, 0.5) is 26.3 Å². The first-order valence-electron chi connectivity index (χ1n) is 6.48. The van der Waals surface area contributed by atoms with E-state index in [1.807, 2.05) is 0 Å². The lowest BCUT2D eigenvalue weighted by molar-refractivity contribution is -0.275. The van der Waals surface area contributed by atoms with Crippen molar-refractivity contribution in [3.8, 4) is 23.0 Å². The Balaban J connectivity index is 2.03. The van der Waals surface area contributed by atoms with Crippen molar-refractivity contribution in [2.45, 2.75) is 12.7 Å². The maximum absolute atomic E-state index is 12.3. The molecule has 0 aliphatic heterocycles. The minimum Gasteiger partial charge on any atom is -0.524 e. The number of para-hydroxylation sites is 4. The van der Waals surface area contributed by atoms with E-state index in [4.69, 9.17) is 9.31 Å². The molecule has 0 fully saturated rings. The van der Waals surface area contributed by atoms with Crippen molar-refractivity contribution >= 4 is 7.69 Å². The zero-order valence-corrected chi connectivity index (χ0v) is 12.1. The highest BCUT2D eigenvalue weighted by atomic mass is 19.4. The van der Waals surface area contributed by atoms with Crippen LogP contribution < -0.4 is 18.8 Å². The van der Waals surface area contributed by atoms with Gasteiger partial charge in [0, 0.05) is 0 Å². The summed E-state index contributed by atoms with van der Waals surface area (Å²) >= 11 is 0. The van der Waals surface area contributed by atoms with Gasteiger partial charge in [-0.05, 0) is 24.3 Å². The van der Waals surface area contributed by atoms with Crippen molar-refractivity contribution in [3.63, 3.8) is 0 Å². The fourth-order valence-corrected chi connectivity index (χ4v) is 1.64. The van der Waals surface area contributed by atoms with Gasteiger partial charge in [-0.2, -0.15) is 0 Å². The predicted molar refractivity (Wildman–Crippen MR) is 73.3 cm³/mol. The summed E-state index contributed by atoms with van der Waals surface area (Å²) in [5.41, 5.74) is 0. The highest BCUT2D eigenvalue weighted by molar-refractivity contribution is 6.21. The molecule has 0 heterocycles. The molecule has 1 radical (unpaired) electrons. The normalized spacial score (nSPS) is 11.6. The number of hydrogen-bond acceptors (Lipinski definition) is 4. The van der Waals surface area contributed by atoms with Crippen LogP contribution in [0.5, 0.6) is 23.0 Å². The zero-order chi connectivity index (χ0) is 18.5. The molecule has 2 aromatic carbocycles. The molecule has 0 aromatic heterocycles. The van der Waals surface area contributed by atoms with Gasteiger partial charge in [0.15, 0.2) is 11.5 Å². The summed E-state index contributed by atoms with van der Waals surface area (Å²) in [6.45, 7) is 0. The monoisotopic (exact) mass is 365 g/mol. The molecule has 0 aliphatic rings. The van der Waals surface area contributed by atoms with Crippen molar-refractivity contribution in [1.29, 1.82) is 0 Å². The van der Waals surface area contributed by atoms with Gasteiger partial charge in [0.25, 0.3) is 0 Å². The highest BCUT2D eigenvalue weighted by Gasteiger charge is 2.33. The molecule has 2 rings (SSSR count). The smallest absolute Gasteiger partial charge is 0.524 e. The van der Waals surface area contributed by atoms with Gasteiger partial charge in [0.2, 0.25) is 0 Å². The summed E-state index contributed by atoms with van der Waals surface area (Å²) in [7, 11) is 0.553. The van der Waals surface area contributed by atoms with E-state index in [0.29, 0.717) is 7.69 Å². The van der Waals surface area contributed by atoms with Crippen LogP contribution in [0, 0.1) is 0 Å². The van der Waals surface area contributed by atoms with E-state index in [-0.39, 0.29) is 11.5 Å². The van der Waals surface area contributed by atoms with Gasteiger partial charge < -0.3 is 18.8 Å². The average molecular weight is 365 g/mol. The minimum atomic E-state index is -4.94. The number of benzene rings is 2. The lowest BCUT2D eigenvalue weighted by Gasteiger charge is -2.15. The van der Waals surface area contributed by atoms with Crippen molar-refractivity contribution in [2.24, 2.45) is 0 Å². The van der Waals surface area contributed by atoms with Gasteiger partial charge >= 0.3 is 20.4 Å². The predicted octanol–water partition coefficient (Wildman–Crippen LogP) is 4.48. The van der Waals surface area contributed by atoms with Crippen LogP contribution in [0.1, 0.15) is 0 Å². The fraction of sp³-hybridized carbons (Fsp3) is 0.143. The first-order valence-corrected chi connectivity index (χ1v) is 6.48. The summed E-state index contributed by atoms with van der Waals surface area (Å²) in [6.07, 6.45) is -9.87. The van der Waals surface area contributed by atoms with Crippen LogP contribution in [0.15, 0.2) is 48.5 Å². The van der Waals surface area contributed by atoms with Crippen molar-refractivity contribution in [3.05, 3.63) is 48.5 Å². The van der Waals surface area contributed by atoms with Gasteiger partial charge in [0.1, 0.15) is 11.5 Å². The number of halogens is 6. The molecule has 0 unspecified atom stereocenters. The molecule has 0 aliphatic carbocycles. The number of ether oxygens (including phenoxy) is 2. The third-order valence-corrected chi connectivity index (χ3v) is 2.50. The Morgan fingerprint density at radius 3 is 1.20 bits per heavy atom. The first kappa shape index (κ1) is 18.6. The average Bonchev–Trinajstić information content (AvgIpc) is 2.48. The van der Waals surface area contributed by atoms with E-state index >= 15 is 0 Å². The van der Waals surface area contributed by atoms with Gasteiger partial charge in [0.05, 0.1) is 0 Å². The Bertz CT molecular complexity index is 645. The molecule has 133 valence electrons. The Hall–Kier alpha value is -2.72. The molecular formula is C14H8BF6O4. The molecular weight excluding hydrogens is 357 g/mol. The molecule has 0 saturated carbocycles. The van der Waals surface area contributed by atoms with Crippen molar-refractivity contribution in [2.75, 3.05) is 0 Å². The number of hydrogen-bond donors (Lipinski definition) is 0. The lowest BCUT2D eigenvalue weighted by atomic mass is 10.2. The standard InChI is InChI=1S/C14H8BF6O4/c16-13(17,18)22-9-5-1-3-7-11(9)24-15-25-12-8-4-2-6-10(12)23-14(19,20)21/h1-8H. The highest BCUT2D eigenvalue weighted by Crippen LogP contribution is 2.33. The number of alkyl halides is 6. The molecule has 0 bridgehead atoms. The fourth-order valence-electron chi connectivity index (χ4n) is 1.64. The van der Waals surface area contributed by atoms with Crippen LogP contribution in [-0.2, 0) is 0 Å². The Kier molecular flexibility index (Phi) is 5.55. The molecule has 0 saturated heterocycles. The second-order valence-corrected chi connectivity index (χ2v) is 4.32. The van der Waals surface area contributed by atoms with Gasteiger partial charge in [-0.3, -0.25) is 0 Å². The van der Waals surface area contributed by atoms with E-state index in [2.05, 4.69) is 9.47 Å². The zero-order valence-electron chi connectivity index (χ0n) is 12.1. The molecule has 11 heteroatoms. The maximum atomic E-state index is 12.3. The summed E-state index contributed by atoms with van der Waals surface area (Å²) < 4.78 is 90.9. The van der Waals surface area contributed by atoms with Gasteiger partial charge in [-0.25, -0.2) is 0 Å². The molecule has 0 atom stereocenters. The summed E-state index contributed by atoms with van der Waals surface area (Å²) in [5, 5.41) is 0. The minimum absolute atomic E-state index is 0.353. The van der Waals surface area contributed by atoms with Crippen molar-refractivity contribution in [1.82, 2.24) is 0 Å². The number of rotatable bonds is 6. The third kappa shape index (κ3) is 6.36. The Morgan fingerprint density at radius 1 is 0.560 bits per heavy atom. The molecule has 4 nitrogen and oxygen atoms in total. The maximum Gasteiger partial charge on any atom is 0.658 e. The van der Waals surface area contributed by atoms with Crippen LogP contribution in [0.3, 0.4) is 0 Å². The summed E-state index contributed by atoms with van der Waals surface area (Å²) in [4.78, 5) is 0. The molecule has 2 aromatic rings. The Morgan fingerprint density at radius 2 is 0.880 bits per heavy atom. The van der Waals surface area contributed by atoms with Crippen LogP contribution in [0.25, 0.3) is 0 Å². The molecule has 25 heavy (non-hydrogen) atoms. The van der Waals surface area contributed by atoms with E-state index in [9.17, 15) is 26.3 Å². The van der Waals surface area contributed by atoms with Crippen LogP contribution in [-0.4, -0.2) is 20.4 Å².